The van der Waals surface area contributed by atoms with Gasteiger partial charge in [-0.2, -0.15) is 0 Å². The van der Waals surface area contributed by atoms with E-state index in [1.54, 1.807) is 0 Å². The summed E-state index contributed by atoms with van der Waals surface area (Å²) >= 11 is 12.5. The molecule has 72 heavy (non-hydrogen) atoms. The molecule has 0 unspecified atom stereocenters. The number of carbonyl (C=O) groups is 2. The van der Waals surface area contributed by atoms with E-state index in [2.05, 4.69) is 31.0 Å². The average Bonchev–Trinajstić information content (AvgIpc) is 3.88. The lowest BCUT2D eigenvalue weighted by Gasteiger charge is -2.15. The standard InChI is InChI=1S/C52H58Cl2N10O8/c1-5-55-47(65)31-43-51-61-59-33(3)63(51)45-17-15-39(29-41(45)49(57-43)35-7-11-37(53)12-8-35)71-27-25-69-23-21-67-19-20-68-22-24-70-26-28-72-40-16-18-46-42(30-40)50(36-9-13-38(54)14-10-36)58-44(32-48(66)56-6-2)52-62-60-34(4)64(46)52/h7-18,29-30,43-44H,5-6,19-28,31-32H2,1-4H3,(H,55,65)(H,56,66)/t43-,44-/m0/s1. The van der Waals surface area contributed by atoms with Crippen molar-refractivity contribution >= 4 is 46.4 Å². The molecule has 0 fully saturated rings. The highest BCUT2D eigenvalue weighted by Crippen LogP contribution is 2.36. The number of aromatic nitrogens is 6. The van der Waals surface area contributed by atoms with Crippen LogP contribution in [0.5, 0.6) is 11.5 Å². The number of amides is 2. The quantitative estimate of drug-likeness (QED) is 0.0551. The van der Waals surface area contributed by atoms with Gasteiger partial charge >= 0.3 is 0 Å². The van der Waals surface area contributed by atoms with Crippen LogP contribution in [0.3, 0.4) is 0 Å². The van der Waals surface area contributed by atoms with Crippen molar-refractivity contribution in [3.8, 4) is 22.9 Å². The van der Waals surface area contributed by atoms with E-state index in [9.17, 15) is 9.59 Å². The summed E-state index contributed by atoms with van der Waals surface area (Å²) in [4.78, 5) is 35.8. The number of ether oxygens (including phenoxy) is 6. The zero-order valence-corrected chi connectivity index (χ0v) is 42.2. The van der Waals surface area contributed by atoms with Gasteiger partial charge in [-0.15, -0.1) is 20.4 Å². The monoisotopic (exact) mass is 1020 g/mol. The topological polar surface area (TPSA) is 200 Å². The lowest BCUT2D eigenvalue weighted by molar-refractivity contribution is -0.122. The fraction of sp³-hybridized carbons (Fsp3) is 0.385. The minimum atomic E-state index is -0.568. The van der Waals surface area contributed by atoms with E-state index < -0.39 is 12.1 Å². The van der Waals surface area contributed by atoms with E-state index in [4.69, 9.17) is 61.6 Å². The number of aryl methyl sites for hydroxylation is 2. The lowest BCUT2D eigenvalue weighted by Crippen LogP contribution is -2.25. The summed E-state index contributed by atoms with van der Waals surface area (Å²) < 4.78 is 39.1. The molecule has 0 saturated carbocycles. The molecular formula is C52H58Cl2N10O8. The molecule has 18 nitrogen and oxygen atoms in total. The van der Waals surface area contributed by atoms with E-state index in [1.165, 1.54) is 0 Å². The van der Waals surface area contributed by atoms with Crippen LogP contribution in [0.15, 0.2) is 94.9 Å². The third kappa shape index (κ3) is 12.9. The first-order valence-electron chi connectivity index (χ1n) is 24.0. The molecule has 2 aliphatic rings. The Bertz CT molecular complexity index is 2680. The number of hydrogen-bond acceptors (Lipinski definition) is 14. The number of nitrogens with one attached hydrogen (secondary N) is 2. The SMILES string of the molecule is CCNC(=O)C[C@@H]1N=C(c2ccc(Cl)cc2)c2cc(OCCOCCOCCOCCOCCOc3ccc4c(c3)C(c3ccc(Cl)cc3)=N[C@@H](CC(=O)NCC)c3nnc(C)n3-4)ccc2-n2c(C)nnc21. The summed E-state index contributed by atoms with van der Waals surface area (Å²) in [7, 11) is 0. The van der Waals surface area contributed by atoms with Crippen LogP contribution in [0.4, 0.5) is 0 Å². The minimum Gasteiger partial charge on any atom is -0.491 e. The molecule has 2 atom stereocenters. The molecule has 0 bridgehead atoms. The second-order valence-corrected chi connectivity index (χ2v) is 17.6. The van der Waals surface area contributed by atoms with Crippen LogP contribution < -0.4 is 20.1 Å². The van der Waals surface area contributed by atoms with Crippen molar-refractivity contribution in [3.05, 3.63) is 141 Å². The van der Waals surface area contributed by atoms with E-state index in [0.29, 0.717) is 135 Å². The molecule has 4 heterocycles. The number of benzene rings is 4. The second kappa shape index (κ2) is 25.2. The molecule has 0 spiro atoms. The fourth-order valence-corrected chi connectivity index (χ4v) is 8.62. The summed E-state index contributed by atoms with van der Waals surface area (Å²) in [5, 5.41) is 24.6. The number of fused-ring (bicyclic) bond motifs is 6. The lowest BCUT2D eigenvalue weighted by atomic mass is 10.00. The van der Waals surface area contributed by atoms with Crippen molar-refractivity contribution < 1.29 is 38.0 Å². The van der Waals surface area contributed by atoms with Crippen LogP contribution in [0.1, 0.15) is 84.3 Å². The minimum absolute atomic E-state index is 0.116. The maximum atomic E-state index is 12.8. The number of aliphatic imine (C=N–C) groups is 2. The molecule has 0 saturated heterocycles. The van der Waals surface area contributed by atoms with Gasteiger partial charge in [-0.3, -0.25) is 28.7 Å². The summed E-state index contributed by atoms with van der Waals surface area (Å²) in [5.41, 5.74) is 6.34. The van der Waals surface area contributed by atoms with Crippen LogP contribution >= 0.6 is 23.2 Å². The molecule has 20 heteroatoms. The van der Waals surface area contributed by atoms with Crippen molar-refractivity contribution in [1.29, 1.82) is 0 Å². The first-order chi connectivity index (χ1) is 35.1. The number of halogens is 2. The van der Waals surface area contributed by atoms with E-state index >= 15 is 0 Å². The largest absolute Gasteiger partial charge is 0.491 e. The van der Waals surface area contributed by atoms with Gasteiger partial charge in [0.1, 0.15) is 48.4 Å². The number of carbonyl (C=O) groups excluding carboxylic acids is 2. The van der Waals surface area contributed by atoms with Crippen molar-refractivity contribution in [2.75, 3.05) is 79.2 Å². The van der Waals surface area contributed by atoms with Gasteiger partial charge in [0.15, 0.2) is 11.6 Å². The number of rotatable bonds is 25. The summed E-state index contributed by atoms with van der Waals surface area (Å²) in [6.07, 6.45) is 0.233. The van der Waals surface area contributed by atoms with Crippen LogP contribution in [-0.4, -0.2) is 132 Å². The van der Waals surface area contributed by atoms with Gasteiger partial charge in [0, 0.05) is 45.4 Å². The van der Waals surface area contributed by atoms with Crippen molar-refractivity contribution in [2.24, 2.45) is 9.98 Å². The summed E-state index contributed by atoms with van der Waals surface area (Å²) in [6.45, 7) is 12.3. The predicted octanol–water partition coefficient (Wildman–Crippen LogP) is 7.13. The highest BCUT2D eigenvalue weighted by atomic mass is 35.5. The van der Waals surface area contributed by atoms with Crippen LogP contribution in [-0.2, 0) is 28.5 Å². The van der Waals surface area contributed by atoms with Crippen LogP contribution in [0.2, 0.25) is 10.0 Å². The molecule has 2 amide bonds. The second-order valence-electron chi connectivity index (χ2n) is 16.7. The van der Waals surface area contributed by atoms with Gasteiger partial charge in [-0.1, -0.05) is 47.5 Å². The molecule has 0 aliphatic carbocycles. The Morgan fingerprint density at radius 3 is 1.24 bits per heavy atom. The zero-order chi connectivity index (χ0) is 50.4. The van der Waals surface area contributed by atoms with E-state index in [-0.39, 0.29) is 24.7 Å². The van der Waals surface area contributed by atoms with Crippen LogP contribution in [0.25, 0.3) is 11.4 Å². The molecule has 0 radical (unpaired) electrons. The molecule has 2 aromatic heterocycles. The first kappa shape index (κ1) is 51.8. The Balaban J connectivity index is 0.744. The molecule has 4 aromatic carbocycles. The van der Waals surface area contributed by atoms with Gasteiger partial charge in [-0.05, 0) is 88.4 Å². The summed E-state index contributed by atoms with van der Waals surface area (Å²) in [6, 6.07) is 25.4. The van der Waals surface area contributed by atoms with Crippen LogP contribution in [0, 0.1) is 13.8 Å². The third-order valence-electron chi connectivity index (χ3n) is 11.6. The number of hydrogen-bond donors (Lipinski definition) is 2. The van der Waals surface area contributed by atoms with E-state index in [1.807, 2.05) is 122 Å². The molecular weight excluding hydrogens is 964 g/mol. The number of nitrogens with zero attached hydrogens (tertiary/aromatic N) is 8. The fourth-order valence-electron chi connectivity index (χ4n) is 8.37. The Kier molecular flexibility index (Phi) is 18.1. The smallest absolute Gasteiger partial charge is 0.222 e. The Morgan fingerprint density at radius 2 is 0.875 bits per heavy atom. The van der Waals surface area contributed by atoms with Gasteiger partial charge in [0.2, 0.25) is 11.8 Å². The van der Waals surface area contributed by atoms with Gasteiger partial charge in [-0.25, -0.2) is 0 Å². The Hall–Kier alpha value is -6.54. The zero-order valence-electron chi connectivity index (χ0n) is 40.7. The molecule has 378 valence electrons. The normalized spacial score (nSPS) is 14.7. The summed E-state index contributed by atoms with van der Waals surface area (Å²) in [5.74, 6) is 3.56. The molecule has 6 aromatic rings. The van der Waals surface area contributed by atoms with Gasteiger partial charge < -0.3 is 39.1 Å². The maximum absolute atomic E-state index is 12.8. The molecule has 8 rings (SSSR count). The average molecular weight is 1020 g/mol. The van der Waals surface area contributed by atoms with Crippen molar-refractivity contribution in [2.45, 2.75) is 52.6 Å². The molecule has 2 aliphatic heterocycles. The van der Waals surface area contributed by atoms with Crippen molar-refractivity contribution in [1.82, 2.24) is 40.2 Å². The highest BCUT2D eigenvalue weighted by molar-refractivity contribution is 6.31. The van der Waals surface area contributed by atoms with Gasteiger partial charge in [0.25, 0.3) is 0 Å². The highest BCUT2D eigenvalue weighted by Gasteiger charge is 2.32. The van der Waals surface area contributed by atoms with Gasteiger partial charge in [0.05, 0.1) is 88.5 Å². The third-order valence-corrected chi connectivity index (χ3v) is 12.1. The molecule has 2 N–H and O–H groups in total. The Morgan fingerprint density at radius 1 is 0.514 bits per heavy atom. The predicted molar refractivity (Wildman–Crippen MR) is 273 cm³/mol. The van der Waals surface area contributed by atoms with E-state index in [0.717, 1.165) is 33.6 Å². The Labute approximate surface area is 428 Å². The van der Waals surface area contributed by atoms with Crippen molar-refractivity contribution in [3.63, 3.8) is 0 Å². The first-order valence-corrected chi connectivity index (χ1v) is 24.8. The maximum Gasteiger partial charge on any atom is 0.222 e.